The summed E-state index contributed by atoms with van der Waals surface area (Å²) in [4.78, 5) is 0. The number of nitrogens with zero attached hydrogens (tertiary/aromatic N) is 2. The lowest BCUT2D eigenvalue weighted by atomic mass is 9.99. The van der Waals surface area contributed by atoms with Crippen LogP contribution in [0.15, 0.2) is 231 Å². The minimum atomic E-state index is -2.80. The van der Waals surface area contributed by atoms with E-state index in [2.05, 4.69) is 240 Å². The van der Waals surface area contributed by atoms with Gasteiger partial charge in [-0.25, -0.2) is 0 Å². The number of fused-ring (bicyclic) bond motifs is 6. The summed E-state index contributed by atoms with van der Waals surface area (Å²) in [5, 5.41) is 10.4. The van der Waals surface area contributed by atoms with Gasteiger partial charge in [-0.1, -0.05) is 182 Å². The van der Waals surface area contributed by atoms with Gasteiger partial charge in [0.15, 0.2) is 8.07 Å². The highest BCUT2D eigenvalue weighted by molar-refractivity contribution is 7.20. The fourth-order valence-corrected chi connectivity index (χ4v) is 14.2. The Kier molecular flexibility index (Phi) is 7.87. The fraction of sp³-hybridized carbons (Fsp3) is 0. The molecule has 0 aliphatic carbocycles. The second kappa shape index (κ2) is 13.5. The molecule has 0 aliphatic heterocycles. The summed E-state index contributed by atoms with van der Waals surface area (Å²) in [6, 6.07) is 85.2. The summed E-state index contributed by atoms with van der Waals surface area (Å²) in [5.74, 6) is 0. The van der Waals surface area contributed by atoms with Crippen LogP contribution in [0.2, 0.25) is 0 Å². The molecule has 0 bridgehead atoms. The molecule has 0 spiro atoms. The molecule has 2 aromatic heterocycles. The highest BCUT2D eigenvalue weighted by Gasteiger charge is 2.41. The molecule has 0 atom stereocenters. The first-order chi connectivity index (χ1) is 28.3. The molecule has 2 nitrogen and oxygen atoms in total. The normalized spacial score (nSPS) is 11.9. The highest BCUT2D eigenvalue weighted by Crippen LogP contribution is 2.40. The molecule has 0 radical (unpaired) electrons. The first-order valence-corrected chi connectivity index (χ1v) is 21.7. The molecule has 0 N–H and O–H groups in total. The van der Waals surface area contributed by atoms with Crippen molar-refractivity contribution in [2.75, 3.05) is 0 Å². The van der Waals surface area contributed by atoms with Crippen molar-refractivity contribution in [2.24, 2.45) is 0 Å². The maximum Gasteiger partial charge on any atom is 0.179 e. The second-order valence-corrected chi connectivity index (χ2v) is 18.7. The molecule has 11 rings (SSSR count). The van der Waals surface area contributed by atoms with Crippen molar-refractivity contribution in [1.29, 1.82) is 0 Å². The van der Waals surface area contributed by atoms with Gasteiger partial charge in [-0.2, -0.15) is 0 Å². The summed E-state index contributed by atoms with van der Waals surface area (Å²) < 4.78 is 4.92. The number of aromatic nitrogens is 2. The zero-order chi connectivity index (χ0) is 37.8. The Bertz CT molecular complexity index is 3110. The van der Waals surface area contributed by atoms with E-state index >= 15 is 0 Å². The Labute approximate surface area is 333 Å². The van der Waals surface area contributed by atoms with Gasteiger partial charge in [-0.05, 0) is 80.4 Å². The average molecular weight is 743 g/mol. The predicted octanol–water partition coefficient (Wildman–Crippen LogP) is 10.9. The van der Waals surface area contributed by atoms with Crippen molar-refractivity contribution < 1.29 is 0 Å². The molecule has 3 heteroatoms. The van der Waals surface area contributed by atoms with Crippen LogP contribution in [0.3, 0.4) is 0 Å². The van der Waals surface area contributed by atoms with Crippen molar-refractivity contribution in [3.63, 3.8) is 0 Å². The summed E-state index contributed by atoms with van der Waals surface area (Å²) in [7, 11) is -2.80. The van der Waals surface area contributed by atoms with E-state index in [0.717, 1.165) is 11.4 Å². The SMILES string of the molecule is c1ccc(-c2cccc3c2c2ccc([Si](c4ccccc4)(c4ccccc4)c4ccccc4)cc2n3-c2ccc3c(c2)c2ccccc2n3-c2ccccc2)cc1. The lowest BCUT2D eigenvalue weighted by molar-refractivity contribution is 1.17. The number of rotatable bonds is 7. The van der Waals surface area contributed by atoms with Crippen LogP contribution in [0, 0.1) is 0 Å². The Morgan fingerprint density at radius 3 is 1.46 bits per heavy atom. The molecular formula is C54H38N2Si. The molecule has 0 saturated heterocycles. The summed E-state index contributed by atoms with van der Waals surface area (Å²) in [5.41, 5.74) is 9.56. The van der Waals surface area contributed by atoms with Gasteiger partial charge in [-0.3, -0.25) is 0 Å². The zero-order valence-electron chi connectivity index (χ0n) is 31.3. The van der Waals surface area contributed by atoms with E-state index in [1.165, 1.54) is 75.5 Å². The van der Waals surface area contributed by atoms with Gasteiger partial charge < -0.3 is 9.13 Å². The van der Waals surface area contributed by atoms with Crippen LogP contribution in [0.5, 0.6) is 0 Å². The van der Waals surface area contributed by atoms with Crippen LogP contribution in [0.4, 0.5) is 0 Å². The number of hydrogen-bond acceptors (Lipinski definition) is 0. The lowest BCUT2D eigenvalue weighted by Crippen LogP contribution is -2.74. The first-order valence-electron chi connectivity index (χ1n) is 19.7. The molecule has 0 unspecified atom stereocenters. The number of benzene rings is 9. The Morgan fingerprint density at radius 1 is 0.281 bits per heavy atom. The van der Waals surface area contributed by atoms with E-state index in [1.807, 2.05) is 0 Å². The molecule has 0 aliphatic rings. The molecule has 0 saturated carbocycles. The largest absolute Gasteiger partial charge is 0.309 e. The quantitative estimate of drug-likeness (QED) is 0.114. The van der Waals surface area contributed by atoms with Crippen LogP contribution >= 0.6 is 0 Å². The van der Waals surface area contributed by atoms with Crippen molar-refractivity contribution in [2.45, 2.75) is 0 Å². The van der Waals surface area contributed by atoms with Crippen molar-refractivity contribution in [1.82, 2.24) is 9.13 Å². The van der Waals surface area contributed by atoms with E-state index in [1.54, 1.807) is 0 Å². The third-order valence-corrected chi connectivity index (χ3v) is 16.6. The standard InChI is InChI=1S/C54H38N2Si/c1-6-19-39(20-7-1)46-30-18-32-52-54(46)48-35-34-45(57(42-23-10-3-11-24-42,43-25-12-4-13-26-43)44-27-14-5-15-28-44)38-53(48)56(52)41-33-36-51-49(37-41)47-29-16-17-31-50(47)55(51)40-21-8-2-9-22-40/h1-38H. The first kappa shape index (κ1) is 33.2. The van der Waals surface area contributed by atoms with Crippen molar-refractivity contribution in [3.8, 4) is 22.5 Å². The zero-order valence-corrected chi connectivity index (χ0v) is 32.3. The van der Waals surface area contributed by atoms with Crippen molar-refractivity contribution in [3.05, 3.63) is 231 Å². The molecule has 268 valence electrons. The third-order valence-electron chi connectivity index (χ3n) is 11.9. The van der Waals surface area contributed by atoms with E-state index in [-0.39, 0.29) is 0 Å². The molecule has 11 aromatic rings. The van der Waals surface area contributed by atoms with E-state index in [0.29, 0.717) is 0 Å². The highest BCUT2D eigenvalue weighted by atomic mass is 28.3. The Hall–Kier alpha value is -7.20. The molecule has 9 aromatic carbocycles. The van der Waals surface area contributed by atoms with E-state index in [9.17, 15) is 0 Å². The molecule has 0 fully saturated rings. The minimum absolute atomic E-state index is 1.15. The summed E-state index contributed by atoms with van der Waals surface area (Å²) in [6.45, 7) is 0. The maximum absolute atomic E-state index is 2.80. The van der Waals surface area contributed by atoms with Crippen LogP contribution in [-0.4, -0.2) is 17.2 Å². The fourth-order valence-electron chi connectivity index (χ4n) is 9.46. The van der Waals surface area contributed by atoms with Gasteiger partial charge in [0.05, 0.1) is 22.1 Å². The maximum atomic E-state index is 2.53. The Balaban J connectivity index is 1.26. The smallest absolute Gasteiger partial charge is 0.179 e. The van der Waals surface area contributed by atoms with Gasteiger partial charge in [-0.15, -0.1) is 0 Å². The molecule has 0 amide bonds. The van der Waals surface area contributed by atoms with Gasteiger partial charge in [0, 0.05) is 32.9 Å². The molecule has 57 heavy (non-hydrogen) atoms. The second-order valence-electron chi connectivity index (χ2n) is 14.9. The van der Waals surface area contributed by atoms with Crippen LogP contribution in [-0.2, 0) is 0 Å². The van der Waals surface area contributed by atoms with Gasteiger partial charge >= 0.3 is 0 Å². The van der Waals surface area contributed by atoms with Gasteiger partial charge in [0.25, 0.3) is 0 Å². The predicted molar refractivity (Wildman–Crippen MR) is 244 cm³/mol. The molecule has 2 heterocycles. The van der Waals surface area contributed by atoms with Crippen LogP contribution < -0.4 is 20.7 Å². The molecular weight excluding hydrogens is 705 g/mol. The van der Waals surface area contributed by atoms with Gasteiger partial charge in [0.1, 0.15) is 0 Å². The van der Waals surface area contributed by atoms with Crippen LogP contribution in [0.1, 0.15) is 0 Å². The number of hydrogen-bond donors (Lipinski definition) is 0. The average Bonchev–Trinajstić information content (AvgIpc) is 3.81. The topological polar surface area (TPSA) is 9.86 Å². The third kappa shape index (κ3) is 5.17. The number of para-hydroxylation sites is 2. The lowest BCUT2D eigenvalue weighted by Gasteiger charge is -2.34. The van der Waals surface area contributed by atoms with Crippen LogP contribution in [0.25, 0.3) is 66.1 Å². The Morgan fingerprint density at radius 2 is 0.807 bits per heavy atom. The monoisotopic (exact) mass is 742 g/mol. The van der Waals surface area contributed by atoms with Crippen molar-refractivity contribution >= 4 is 72.4 Å². The summed E-state index contributed by atoms with van der Waals surface area (Å²) in [6.07, 6.45) is 0. The summed E-state index contributed by atoms with van der Waals surface area (Å²) >= 11 is 0. The van der Waals surface area contributed by atoms with Gasteiger partial charge in [0.2, 0.25) is 0 Å². The van der Waals surface area contributed by atoms with E-state index in [4.69, 9.17) is 0 Å². The minimum Gasteiger partial charge on any atom is -0.309 e. The van der Waals surface area contributed by atoms with E-state index < -0.39 is 8.07 Å².